The van der Waals surface area contributed by atoms with Crippen LogP contribution < -0.4 is 11.1 Å². The van der Waals surface area contributed by atoms with Gasteiger partial charge in [-0.15, -0.1) is 11.8 Å². The highest BCUT2D eigenvalue weighted by Crippen LogP contribution is 2.29. The van der Waals surface area contributed by atoms with E-state index in [9.17, 15) is 0 Å². The third-order valence-corrected chi connectivity index (χ3v) is 3.78. The minimum Gasteiger partial charge on any atom is -0.398 e. The lowest BCUT2D eigenvalue weighted by molar-refractivity contribution is 1.41. The van der Waals surface area contributed by atoms with E-state index in [1.165, 1.54) is 4.90 Å². The Kier molecular flexibility index (Phi) is 4.04. The predicted octanol–water partition coefficient (Wildman–Crippen LogP) is 4.70. The van der Waals surface area contributed by atoms with Crippen LogP contribution in [-0.4, -0.2) is 6.26 Å². The number of aryl methyl sites for hydroxylation is 1. The third kappa shape index (κ3) is 2.92. The zero-order chi connectivity index (χ0) is 13.1. The number of halogens is 1. The average molecular weight is 279 g/mol. The van der Waals surface area contributed by atoms with Gasteiger partial charge in [-0.25, -0.2) is 0 Å². The summed E-state index contributed by atoms with van der Waals surface area (Å²) in [6.45, 7) is 2.01. The molecule has 2 rings (SSSR count). The monoisotopic (exact) mass is 278 g/mol. The predicted molar refractivity (Wildman–Crippen MR) is 82.1 cm³/mol. The second-order valence-corrected chi connectivity index (χ2v) is 5.33. The number of hydrogen-bond acceptors (Lipinski definition) is 3. The first-order chi connectivity index (χ1) is 8.60. The second-order valence-electron chi connectivity index (χ2n) is 4.04. The van der Waals surface area contributed by atoms with Crippen LogP contribution in [0.25, 0.3) is 0 Å². The molecule has 0 heterocycles. The molecule has 0 saturated heterocycles. The highest BCUT2D eigenvalue weighted by molar-refractivity contribution is 7.98. The van der Waals surface area contributed by atoms with Gasteiger partial charge >= 0.3 is 0 Å². The second kappa shape index (κ2) is 5.55. The molecule has 0 radical (unpaired) electrons. The maximum atomic E-state index is 6.03. The smallest absolute Gasteiger partial charge is 0.0656 e. The SMILES string of the molecule is CSc1ccc(Nc2cc(Cl)c(N)cc2C)cc1. The highest BCUT2D eigenvalue weighted by Gasteiger charge is 2.04. The summed E-state index contributed by atoms with van der Waals surface area (Å²) in [7, 11) is 0. The third-order valence-electron chi connectivity index (χ3n) is 2.71. The fourth-order valence-corrected chi connectivity index (χ4v) is 2.24. The van der Waals surface area contributed by atoms with Crippen molar-refractivity contribution >= 4 is 40.4 Å². The van der Waals surface area contributed by atoms with Crippen molar-refractivity contribution in [3.05, 3.63) is 47.0 Å². The Morgan fingerprint density at radius 1 is 1.17 bits per heavy atom. The largest absolute Gasteiger partial charge is 0.398 e. The van der Waals surface area contributed by atoms with E-state index in [0.717, 1.165) is 16.9 Å². The summed E-state index contributed by atoms with van der Waals surface area (Å²) in [6, 6.07) is 12.0. The van der Waals surface area contributed by atoms with Crippen molar-refractivity contribution in [2.45, 2.75) is 11.8 Å². The van der Waals surface area contributed by atoms with Gasteiger partial charge in [-0.3, -0.25) is 0 Å². The number of thioether (sulfide) groups is 1. The summed E-state index contributed by atoms with van der Waals surface area (Å²) in [5.74, 6) is 0. The summed E-state index contributed by atoms with van der Waals surface area (Å²) >= 11 is 7.76. The van der Waals surface area contributed by atoms with Crippen molar-refractivity contribution in [1.82, 2.24) is 0 Å². The van der Waals surface area contributed by atoms with Crippen molar-refractivity contribution in [3.63, 3.8) is 0 Å². The highest BCUT2D eigenvalue weighted by atomic mass is 35.5. The minimum absolute atomic E-state index is 0.573. The first-order valence-electron chi connectivity index (χ1n) is 5.57. The molecule has 2 aromatic carbocycles. The molecule has 0 aliphatic rings. The van der Waals surface area contributed by atoms with Crippen LogP contribution in [0.3, 0.4) is 0 Å². The summed E-state index contributed by atoms with van der Waals surface area (Å²) in [5, 5.41) is 3.92. The van der Waals surface area contributed by atoms with Crippen molar-refractivity contribution in [2.75, 3.05) is 17.3 Å². The van der Waals surface area contributed by atoms with Crippen LogP contribution in [0.15, 0.2) is 41.3 Å². The van der Waals surface area contributed by atoms with Crippen molar-refractivity contribution in [2.24, 2.45) is 0 Å². The topological polar surface area (TPSA) is 38.0 Å². The molecule has 2 aromatic rings. The number of nitrogen functional groups attached to an aromatic ring is 1. The van der Waals surface area contributed by atoms with E-state index < -0.39 is 0 Å². The summed E-state index contributed by atoms with van der Waals surface area (Å²) in [6.07, 6.45) is 2.06. The molecular formula is C14H15ClN2S. The van der Waals surface area contributed by atoms with Crippen LogP contribution in [0.5, 0.6) is 0 Å². The van der Waals surface area contributed by atoms with E-state index in [1.54, 1.807) is 11.8 Å². The molecule has 94 valence electrons. The molecule has 0 spiro atoms. The van der Waals surface area contributed by atoms with Crippen LogP contribution in [0.2, 0.25) is 5.02 Å². The number of anilines is 3. The Morgan fingerprint density at radius 3 is 2.44 bits per heavy atom. The molecule has 0 fully saturated rings. The fraction of sp³-hybridized carbons (Fsp3) is 0.143. The molecule has 0 unspecified atom stereocenters. The van der Waals surface area contributed by atoms with Crippen LogP contribution >= 0.6 is 23.4 Å². The van der Waals surface area contributed by atoms with Gasteiger partial charge in [0.05, 0.1) is 10.7 Å². The van der Waals surface area contributed by atoms with Crippen molar-refractivity contribution < 1.29 is 0 Å². The number of rotatable bonds is 3. The van der Waals surface area contributed by atoms with Gasteiger partial charge in [-0.05, 0) is 55.1 Å². The lowest BCUT2D eigenvalue weighted by atomic mass is 10.1. The maximum absolute atomic E-state index is 6.03. The standard InChI is InChI=1S/C14H15ClN2S/c1-9-7-13(16)12(15)8-14(9)17-10-3-5-11(18-2)6-4-10/h3-8,17H,16H2,1-2H3. The Bertz CT molecular complexity index is 552. The lowest BCUT2D eigenvalue weighted by Crippen LogP contribution is -1.95. The Labute approximate surface area is 117 Å². The Hall–Kier alpha value is -1.32. The first kappa shape index (κ1) is 13.1. The first-order valence-corrected chi connectivity index (χ1v) is 7.17. The molecule has 0 aromatic heterocycles. The van der Waals surface area contributed by atoms with E-state index in [1.807, 2.05) is 19.1 Å². The summed E-state index contributed by atoms with van der Waals surface area (Å²) in [5.41, 5.74) is 9.46. The Morgan fingerprint density at radius 2 is 1.83 bits per heavy atom. The molecule has 18 heavy (non-hydrogen) atoms. The van der Waals surface area contributed by atoms with Gasteiger partial charge in [-0.1, -0.05) is 11.6 Å². The van der Waals surface area contributed by atoms with E-state index in [0.29, 0.717) is 10.7 Å². The van der Waals surface area contributed by atoms with Crippen LogP contribution in [0, 0.1) is 6.92 Å². The summed E-state index contributed by atoms with van der Waals surface area (Å²) < 4.78 is 0. The van der Waals surface area contributed by atoms with Crippen molar-refractivity contribution in [3.8, 4) is 0 Å². The van der Waals surface area contributed by atoms with Gasteiger partial charge in [0.1, 0.15) is 0 Å². The molecule has 0 amide bonds. The molecule has 0 saturated carbocycles. The molecule has 0 atom stereocenters. The minimum atomic E-state index is 0.573. The number of nitrogens with two attached hydrogens (primary N) is 1. The number of hydrogen-bond donors (Lipinski definition) is 2. The van der Waals surface area contributed by atoms with Gasteiger partial charge in [0.25, 0.3) is 0 Å². The molecule has 2 nitrogen and oxygen atoms in total. The lowest BCUT2D eigenvalue weighted by Gasteiger charge is -2.11. The van der Waals surface area contributed by atoms with E-state index in [-0.39, 0.29) is 0 Å². The van der Waals surface area contributed by atoms with Gasteiger partial charge < -0.3 is 11.1 Å². The van der Waals surface area contributed by atoms with Crippen molar-refractivity contribution in [1.29, 1.82) is 0 Å². The molecule has 0 aliphatic carbocycles. The zero-order valence-corrected chi connectivity index (χ0v) is 11.9. The molecule has 4 heteroatoms. The quantitative estimate of drug-likeness (QED) is 0.631. The van der Waals surface area contributed by atoms with Crippen LogP contribution in [0.4, 0.5) is 17.1 Å². The van der Waals surface area contributed by atoms with Crippen LogP contribution in [0.1, 0.15) is 5.56 Å². The van der Waals surface area contributed by atoms with Gasteiger partial charge in [0.15, 0.2) is 0 Å². The number of benzene rings is 2. The molecule has 0 aliphatic heterocycles. The van der Waals surface area contributed by atoms with E-state index in [4.69, 9.17) is 17.3 Å². The van der Waals surface area contributed by atoms with Crippen LogP contribution in [-0.2, 0) is 0 Å². The van der Waals surface area contributed by atoms with Gasteiger partial charge in [0, 0.05) is 16.3 Å². The molecule has 0 bridgehead atoms. The van der Waals surface area contributed by atoms with Gasteiger partial charge in [0.2, 0.25) is 0 Å². The Balaban J connectivity index is 2.25. The summed E-state index contributed by atoms with van der Waals surface area (Å²) in [4.78, 5) is 1.24. The van der Waals surface area contributed by atoms with E-state index >= 15 is 0 Å². The van der Waals surface area contributed by atoms with Gasteiger partial charge in [-0.2, -0.15) is 0 Å². The van der Waals surface area contributed by atoms with E-state index in [2.05, 4.69) is 35.8 Å². The maximum Gasteiger partial charge on any atom is 0.0656 e. The fourth-order valence-electron chi connectivity index (χ4n) is 1.67. The average Bonchev–Trinajstić information content (AvgIpc) is 2.37. The zero-order valence-electron chi connectivity index (χ0n) is 10.3. The normalized spacial score (nSPS) is 10.4. The number of nitrogens with one attached hydrogen (secondary N) is 1. The molecule has 3 N–H and O–H groups in total. The molecular weight excluding hydrogens is 264 g/mol.